The number of hydrogen-bond acceptors (Lipinski definition) is 5. The molecule has 9 nitrogen and oxygen atoms in total. The molecule has 0 radical (unpaired) electrons. The molecule has 1 aliphatic carbocycles. The largest absolute Gasteiger partial charge is 0.340 e. The normalized spacial score (nSPS) is 23.1. The van der Waals surface area contributed by atoms with Crippen LogP contribution in [0.5, 0.6) is 0 Å². The van der Waals surface area contributed by atoms with Crippen molar-refractivity contribution >= 4 is 17.8 Å². The standard InChI is InChI=1S/C31H47N7O2/c1-6-13-30(3,4)28(39)37-18-16-36(17-19-37)26-12-9-23(21-32-26)33-29(40)34-27-20-25(31(5)14-15-31)35-38(27)24-10-7-22(2)8-11-24/h7-8,10-11,20,23,26,32H,6,9,12-19,21H2,1-5H3,(H2,33,34,40). The van der Waals surface area contributed by atoms with Gasteiger partial charge in [-0.3, -0.25) is 20.3 Å². The van der Waals surface area contributed by atoms with Gasteiger partial charge in [0.1, 0.15) is 5.82 Å². The second kappa shape index (κ2) is 11.5. The number of carbonyl (C=O) groups excluding carboxylic acids is 2. The van der Waals surface area contributed by atoms with Gasteiger partial charge in [-0.25, -0.2) is 9.48 Å². The maximum absolute atomic E-state index is 13.1. The highest BCUT2D eigenvalue weighted by Crippen LogP contribution is 2.47. The number of anilines is 1. The number of rotatable bonds is 8. The van der Waals surface area contributed by atoms with E-state index in [9.17, 15) is 9.59 Å². The van der Waals surface area contributed by atoms with Gasteiger partial charge in [-0.1, -0.05) is 51.8 Å². The average molecular weight is 550 g/mol. The highest BCUT2D eigenvalue weighted by atomic mass is 16.2. The topological polar surface area (TPSA) is 94.5 Å². The van der Waals surface area contributed by atoms with Crippen molar-refractivity contribution in [3.8, 4) is 5.69 Å². The van der Waals surface area contributed by atoms with Crippen molar-refractivity contribution in [2.45, 2.75) is 90.8 Å². The minimum atomic E-state index is -0.283. The summed E-state index contributed by atoms with van der Waals surface area (Å²) >= 11 is 0. The van der Waals surface area contributed by atoms with E-state index in [0.717, 1.165) is 82.6 Å². The third kappa shape index (κ3) is 6.36. The van der Waals surface area contributed by atoms with Crippen LogP contribution in [0, 0.1) is 12.3 Å². The number of urea groups is 1. The summed E-state index contributed by atoms with van der Waals surface area (Å²) in [6.45, 7) is 14.6. The molecule has 40 heavy (non-hydrogen) atoms. The first-order chi connectivity index (χ1) is 19.1. The van der Waals surface area contributed by atoms with E-state index in [-0.39, 0.29) is 35.0 Å². The van der Waals surface area contributed by atoms with E-state index in [0.29, 0.717) is 5.82 Å². The number of piperazine rings is 1. The van der Waals surface area contributed by atoms with E-state index in [1.807, 2.05) is 27.8 Å². The zero-order chi connectivity index (χ0) is 28.5. The van der Waals surface area contributed by atoms with Gasteiger partial charge in [0.15, 0.2) is 0 Å². The van der Waals surface area contributed by atoms with Crippen LogP contribution in [0.1, 0.15) is 77.5 Å². The van der Waals surface area contributed by atoms with E-state index in [1.165, 1.54) is 5.56 Å². The first-order valence-electron chi connectivity index (χ1n) is 15.1. The zero-order valence-corrected chi connectivity index (χ0v) is 24.9. The quantitative estimate of drug-likeness (QED) is 0.454. The van der Waals surface area contributed by atoms with Crippen LogP contribution in [0.15, 0.2) is 30.3 Å². The molecular formula is C31H47N7O2. The first-order valence-corrected chi connectivity index (χ1v) is 15.1. The van der Waals surface area contributed by atoms with Gasteiger partial charge in [-0.15, -0.1) is 0 Å². The molecule has 5 rings (SSSR count). The Morgan fingerprint density at radius 3 is 2.40 bits per heavy atom. The lowest BCUT2D eigenvalue weighted by atomic mass is 9.86. The Bertz CT molecular complexity index is 1180. The first kappa shape index (κ1) is 28.6. The molecule has 1 saturated carbocycles. The van der Waals surface area contributed by atoms with Crippen molar-refractivity contribution in [3.63, 3.8) is 0 Å². The number of aromatic nitrogens is 2. The van der Waals surface area contributed by atoms with Crippen LogP contribution in [-0.4, -0.2) is 76.4 Å². The lowest BCUT2D eigenvalue weighted by molar-refractivity contribution is -0.143. The van der Waals surface area contributed by atoms with Crippen LogP contribution in [0.2, 0.25) is 0 Å². The predicted molar refractivity (Wildman–Crippen MR) is 159 cm³/mol. The van der Waals surface area contributed by atoms with Crippen molar-refractivity contribution in [2.24, 2.45) is 5.41 Å². The molecule has 218 valence electrons. The van der Waals surface area contributed by atoms with E-state index in [1.54, 1.807) is 0 Å². The molecule has 3 amide bonds. The molecule has 1 aromatic heterocycles. The number of nitrogens with one attached hydrogen (secondary N) is 3. The van der Waals surface area contributed by atoms with Crippen molar-refractivity contribution in [1.29, 1.82) is 0 Å². The Kier molecular flexibility index (Phi) is 8.25. The molecule has 3 fully saturated rings. The maximum Gasteiger partial charge on any atom is 0.320 e. The molecule has 2 saturated heterocycles. The Morgan fingerprint density at radius 1 is 1.10 bits per heavy atom. The second-order valence-electron chi connectivity index (χ2n) is 13.0. The fourth-order valence-corrected chi connectivity index (χ4v) is 6.10. The number of carbonyl (C=O) groups is 2. The lowest BCUT2D eigenvalue weighted by Crippen LogP contribution is -2.61. The third-order valence-corrected chi connectivity index (χ3v) is 9.07. The van der Waals surface area contributed by atoms with Crippen LogP contribution < -0.4 is 16.0 Å². The van der Waals surface area contributed by atoms with Gasteiger partial charge < -0.3 is 10.2 Å². The van der Waals surface area contributed by atoms with Crippen molar-refractivity contribution < 1.29 is 9.59 Å². The van der Waals surface area contributed by atoms with E-state index in [2.05, 4.69) is 67.6 Å². The van der Waals surface area contributed by atoms with Crippen molar-refractivity contribution in [2.75, 3.05) is 38.0 Å². The second-order valence-corrected chi connectivity index (χ2v) is 13.0. The van der Waals surface area contributed by atoms with Gasteiger partial charge in [0.05, 0.1) is 17.5 Å². The number of nitrogens with zero attached hydrogens (tertiary/aromatic N) is 4. The zero-order valence-electron chi connectivity index (χ0n) is 24.9. The van der Waals surface area contributed by atoms with E-state index >= 15 is 0 Å². The molecule has 2 unspecified atom stereocenters. The number of piperidine rings is 1. The molecule has 1 aromatic carbocycles. The minimum Gasteiger partial charge on any atom is -0.340 e. The van der Waals surface area contributed by atoms with Gasteiger partial charge in [-0.2, -0.15) is 5.10 Å². The summed E-state index contributed by atoms with van der Waals surface area (Å²) in [6.07, 6.45) is 6.35. The Labute approximate surface area is 239 Å². The smallest absolute Gasteiger partial charge is 0.320 e. The molecule has 3 aliphatic rings. The van der Waals surface area contributed by atoms with Crippen LogP contribution in [-0.2, 0) is 10.2 Å². The maximum atomic E-state index is 13.1. The Morgan fingerprint density at radius 2 is 1.80 bits per heavy atom. The van der Waals surface area contributed by atoms with Crippen LogP contribution >= 0.6 is 0 Å². The van der Waals surface area contributed by atoms with E-state index in [4.69, 9.17) is 5.10 Å². The summed E-state index contributed by atoms with van der Waals surface area (Å²) in [6, 6.07) is 10.1. The van der Waals surface area contributed by atoms with Crippen molar-refractivity contribution in [1.82, 2.24) is 30.2 Å². The van der Waals surface area contributed by atoms with Gasteiger partial charge in [-0.05, 0) is 51.2 Å². The molecular weight excluding hydrogens is 502 g/mol. The summed E-state index contributed by atoms with van der Waals surface area (Å²) < 4.78 is 1.85. The molecule has 0 bridgehead atoms. The molecule has 2 aromatic rings. The fraction of sp³-hybridized carbons (Fsp3) is 0.645. The number of aryl methyl sites for hydroxylation is 1. The fourth-order valence-electron chi connectivity index (χ4n) is 6.10. The summed E-state index contributed by atoms with van der Waals surface area (Å²) in [7, 11) is 0. The summed E-state index contributed by atoms with van der Waals surface area (Å²) in [5, 5.41) is 14.8. The summed E-state index contributed by atoms with van der Waals surface area (Å²) in [5.41, 5.74) is 2.98. The van der Waals surface area contributed by atoms with Crippen molar-refractivity contribution in [3.05, 3.63) is 41.6 Å². The van der Waals surface area contributed by atoms with Gasteiger partial charge in [0.2, 0.25) is 5.91 Å². The van der Waals surface area contributed by atoms with Gasteiger partial charge in [0.25, 0.3) is 0 Å². The Balaban J connectivity index is 1.12. The molecule has 0 spiro atoms. The molecule has 2 aliphatic heterocycles. The molecule has 3 heterocycles. The van der Waals surface area contributed by atoms with Crippen LogP contribution in [0.3, 0.4) is 0 Å². The molecule has 2 atom stereocenters. The van der Waals surface area contributed by atoms with Gasteiger partial charge >= 0.3 is 6.03 Å². The van der Waals surface area contributed by atoms with E-state index < -0.39 is 0 Å². The SMILES string of the molecule is CCCC(C)(C)C(=O)N1CCN(C2CCC(NC(=O)Nc3cc(C4(C)CC4)nn3-c3ccc(C)cc3)CN2)CC1. The number of amides is 3. The highest BCUT2D eigenvalue weighted by molar-refractivity contribution is 5.89. The molecule has 3 N–H and O–H groups in total. The highest BCUT2D eigenvalue weighted by Gasteiger charge is 2.42. The van der Waals surface area contributed by atoms with Crippen LogP contribution in [0.4, 0.5) is 10.6 Å². The summed E-state index contributed by atoms with van der Waals surface area (Å²) in [5.74, 6) is 0.976. The monoisotopic (exact) mass is 549 g/mol. The van der Waals surface area contributed by atoms with Gasteiger partial charge in [0, 0.05) is 55.7 Å². The third-order valence-electron chi connectivity index (χ3n) is 9.07. The average Bonchev–Trinajstić information content (AvgIpc) is 3.55. The Hall–Kier alpha value is -2.91. The van der Waals surface area contributed by atoms with Crippen LogP contribution in [0.25, 0.3) is 5.69 Å². The number of benzene rings is 1. The lowest BCUT2D eigenvalue weighted by Gasteiger charge is -2.43. The number of hydrogen-bond donors (Lipinski definition) is 3. The predicted octanol–water partition coefficient (Wildman–Crippen LogP) is 4.40. The minimum absolute atomic E-state index is 0.0603. The summed E-state index contributed by atoms with van der Waals surface area (Å²) in [4.78, 5) is 30.5. The molecule has 9 heteroatoms.